The second kappa shape index (κ2) is 53.8. The van der Waals surface area contributed by atoms with E-state index in [2.05, 4.69) is 79.9 Å². The van der Waals surface area contributed by atoms with Gasteiger partial charge in [-0.05, 0) is 64.2 Å². The van der Waals surface area contributed by atoms with Gasteiger partial charge in [0.15, 0.2) is 0 Å². The minimum absolute atomic E-state index is 0.0588. The fraction of sp³-hybridized carbons (Fsp3) is 0.794. The number of phosphoric ester groups is 1. The third kappa shape index (κ3) is 55.7. The number of allylic oxidation sites excluding steroid dienone is 11. The van der Waals surface area contributed by atoms with Crippen molar-refractivity contribution in [1.82, 2.24) is 5.32 Å². The van der Waals surface area contributed by atoms with Crippen LogP contribution in [-0.2, 0) is 18.4 Å². The summed E-state index contributed by atoms with van der Waals surface area (Å²) in [4.78, 5) is 23.3. The highest BCUT2D eigenvalue weighted by atomic mass is 31.2. The number of hydrogen-bond acceptors (Lipinski definition) is 5. The lowest BCUT2D eigenvalue weighted by atomic mass is 10.0. The summed E-state index contributed by atoms with van der Waals surface area (Å²) in [5.41, 5.74) is 0. The van der Waals surface area contributed by atoms with Crippen molar-refractivity contribution in [2.75, 3.05) is 40.9 Å². The van der Waals surface area contributed by atoms with Gasteiger partial charge < -0.3 is 19.8 Å². The number of phosphoric acid groups is 1. The quantitative estimate of drug-likeness (QED) is 0.0243. The minimum Gasteiger partial charge on any atom is -0.387 e. The van der Waals surface area contributed by atoms with Gasteiger partial charge in [-0.1, -0.05) is 273 Å². The van der Waals surface area contributed by atoms with E-state index < -0.39 is 20.0 Å². The molecule has 3 atom stereocenters. The van der Waals surface area contributed by atoms with Gasteiger partial charge in [0.25, 0.3) is 0 Å². The Kier molecular flexibility index (Phi) is 52.2. The summed E-state index contributed by atoms with van der Waals surface area (Å²) in [6.07, 6.45) is 74.3. The fourth-order valence-electron chi connectivity index (χ4n) is 8.72. The molecule has 1 amide bonds. The van der Waals surface area contributed by atoms with E-state index >= 15 is 0 Å². The maximum atomic E-state index is 13.0. The molecule has 0 radical (unpaired) electrons. The maximum Gasteiger partial charge on any atom is 0.472 e. The summed E-state index contributed by atoms with van der Waals surface area (Å²) in [6, 6.07) is -0.853. The molecule has 0 aliphatic carbocycles. The second-order valence-corrected chi connectivity index (χ2v) is 23.2. The number of rotatable bonds is 55. The number of carbonyl (C=O) groups excluding carboxylic acids is 1. The molecule has 0 fully saturated rings. The zero-order valence-electron chi connectivity index (χ0n) is 47.9. The van der Waals surface area contributed by atoms with E-state index in [-0.39, 0.29) is 19.1 Å². The molecule has 0 heterocycles. The molecular formula is C63H118N2O6P+. The zero-order valence-corrected chi connectivity index (χ0v) is 48.8. The monoisotopic (exact) mass is 1030 g/mol. The van der Waals surface area contributed by atoms with E-state index in [9.17, 15) is 19.4 Å². The van der Waals surface area contributed by atoms with Gasteiger partial charge in [-0.25, -0.2) is 4.57 Å². The van der Waals surface area contributed by atoms with Crippen LogP contribution in [-0.4, -0.2) is 73.4 Å². The average molecular weight is 1030 g/mol. The summed E-state index contributed by atoms with van der Waals surface area (Å²) < 4.78 is 23.8. The molecule has 0 spiro atoms. The third-order valence-corrected chi connectivity index (χ3v) is 14.4. The Hall–Kier alpha value is -2.06. The number of aliphatic hydroxyl groups excluding tert-OH is 1. The molecule has 9 heteroatoms. The van der Waals surface area contributed by atoms with Crippen LogP contribution < -0.4 is 5.32 Å². The largest absolute Gasteiger partial charge is 0.472 e. The van der Waals surface area contributed by atoms with Crippen LogP contribution in [0.25, 0.3) is 0 Å². The number of amides is 1. The van der Waals surface area contributed by atoms with Gasteiger partial charge in [0, 0.05) is 6.42 Å². The van der Waals surface area contributed by atoms with Gasteiger partial charge in [0.1, 0.15) is 13.2 Å². The second-order valence-electron chi connectivity index (χ2n) is 21.7. The summed E-state index contributed by atoms with van der Waals surface area (Å²) >= 11 is 0. The number of unbranched alkanes of at least 4 members (excludes halogenated alkanes) is 32. The predicted molar refractivity (Wildman–Crippen MR) is 313 cm³/mol. The first-order chi connectivity index (χ1) is 35.0. The highest BCUT2D eigenvalue weighted by Gasteiger charge is 2.27. The highest BCUT2D eigenvalue weighted by molar-refractivity contribution is 7.47. The van der Waals surface area contributed by atoms with Crippen molar-refractivity contribution in [2.24, 2.45) is 0 Å². The molecule has 0 aliphatic rings. The fourth-order valence-corrected chi connectivity index (χ4v) is 9.45. The Bertz CT molecular complexity index is 1400. The first kappa shape index (κ1) is 69.9. The summed E-state index contributed by atoms with van der Waals surface area (Å²) in [7, 11) is 1.57. The molecule has 0 rings (SSSR count). The molecule has 420 valence electrons. The summed E-state index contributed by atoms with van der Waals surface area (Å²) in [6.45, 7) is 4.72. The lowest BCUT2D eigenvalue weighted by Gasteiger charge is -2.25. The molecule has 0 aromatic carbocycles. The van der Waals surface area contributed by atoms with Crippen molar-refractivity contribution >= 4 is 13.7 Å². The zero-order chi connectivity index (χ0) is 52.7. The Morgan fingerprint density at radius 1 is 0.486 bits per heavy atom. The molecule has 0 aromatic heterocycles. The normalized spacial score (nSPS) is 14.4. The van der Waals surface area contributed by atoms with Crippen LogP contribution in [0.3, 0.4) is 0 Å². The van der Waals surface area contributed by atoms with E-state index in [1.165, 1.54) is 180 Å². The molecule has 8 nitrogen and oxygen atoms in total. The standard InChI is InChI=1S/C63H117N2O6P/c1-6-8-10-12-14-16-18-20-22-24-26-28-30-31-32-33-35-37-39-41-43-45-47-49-51-53-55-57-63(67)64-61(60-71-72(68,69)70-59-58-65(3,4)5)62(66)56-54-52-50-48-46-44-42-40-38-36-34-29-27-25-23-21-19-17-15-13-11-9-7-2/h8,10,14,16,20,22,26,28,31-32,54,56,61-62,66H,6-7,9,11-13,15,17-19,21,23-25,27,29-30,33-53,55,57-60H2,1-5H3,(H-,64,67,68,69)/p+1/b10-8-,16-14-,22-20-,28-26-,32-31-,56-54+. The molecular weight excluding hydrogens is 912 g/mol. The first-order valence-corrected chi connectivity index (χ1v) is 31.8. The van der Waals surface area contributed by atoms with E-state index in [4.69, 9.17) is 9.05 Å². The van der Waals surface area contributed by atoms with E-state index in [1.807, 2.05) is 27.2 Å². The minimum atomic E-state index is -4.35. The van der Waals surface area contributed by atoms with Crippen molar-refractivity contribution in [3.63, 3.8) is 0 Å². The van der Waals surface area contributed by atoms with Crippen LogP contribution in [0.5, 0.6) is 0 Å². The van der Waals surface area contributed by atoms with Crippen LogP contribution in [0.4, 0.5) is 0 Å². The number of nitrogens with zero attached hydrogens (tertiary/aromatic N) is 1. The van der Waals surface area contributed by atoms with Gasteiger partial charge in [0.2, 0.25) is 5.91 Å². The molecule has 3 unspecified atom stereocenters. The molecule has 72 heavy (non-hydrogen) atoms. The molecule has 0 saturated carbocycles. The summed E-state index contributed by atoms with van der Waals surface area (Å²) in [5.74, 6) is -0.180. The number of hydrogen-bond donors (Lipinski definition) is 3. The van der Waals surface area contributed by atoms with Crippen LogP contribution in [0, 0.1) is 0 Å². The number of carbonyl (C=O) groups is 1. The number of nitrogens with one attached hydrogen (secondary N) is 1. The van der Waals surface area contributed by atoms with Crippen molar-refractivity contribution in [1.29, 1.82) is 0 Å². The highest BCUT2D eigenvalue weighted by Crippen LogP contribution is 2.43. The third-order valence-electron chi connectivity index (χ3n) is 13.4. The Balaban J connectivity index is 4.20. The number of aliphatic hydroxyl groups is 1. The maximum absolute atomic E-state index is 13.0. The smallest absolute Gasteiger partial charge is 0.387 e. The molecule has 0 bridgehead atoms. The predicted octanol–water partition coefficient (Wildman–Crippen LogP) is 18.7. The van der Waals surface area contributed by atoms with E-state index in [0.717, 1.165) is 70.6 Å². The van der Waals surface area contributed by atoms with E-state index in [1.54, 1.807) is 6.08 Å². The van der Waals surface area contributed by atoms with Crippen LogP contribution in [0.15, 0.2) is 72.9 Å². The number of likely N-dealkylation sites (N-methyl/N-ethyl adjacent to an activating group) is 1. The Labute approximate surface area is 446 Å². The van der Waals surface area contributed by atoms with Gasteiger partial charge >= 0.3 is 7.82 Å². The van der Waals surface area contributed by atoms with Crippen molar-refractivity contribution < 1.29 is 32.9 Å². The van der Waals surface area contributed by atoms with Gasteiger partial charge in [0.05, 0.1) is 39.9 Å². The molecule has 3 N–H and O–H groups in total. The van der Waals surface area contributed by atoms with E-state index in [0.29, 0.717) is 17.4 Å². The SMILES string of the molecule is CC/C=C\C/C=C\C/C=C\C/C=C\C/C=C\CCCCCCCCCCCCCC(=O)NC(COP(=O)(O)OCC[N+](C)(C)C)C(O)/C=C/CCCCCCCCCCCCCCCCCCCCCCC. The lowest BCUT2D eigenvalue weighted by Crippen LogP contribution is -2.45. The Morgan fingerprint density at radius 2 is 0.833 bits per heavy atom. The topological polar surface area (TPSA) is 105 Å². The molecule has 0 aromatic rings. The lowest BCUT2D eigenvalue weighted by molar-refractivity contribution is -0.870. The Morgan fingerprint density at radius 3 is 1.22 bits per heavy atom. The van der Waals surface area contributed by atoms with Crippen molar-refractivity contribution in [3.8, 4) is 0 Å². The molecule has 0 aliphatic heterocycles. The van der Waals surface area contributed by atoms with Gasteiger partial charge in [-0.15, -0.1) is 0 Å². The average Bonchev–Trinajstić information content (AvgIpc) is 3.34. The molecule has 0 saturated heterocycles. The van der Waals surface area contributed by atoms with Crippen molar-refractivity contribution in [2.45, 2.75) is 283 Å². The van der Waals surface area contributed by atoms with Crippen LogP contribution in [0.2, 0.25) is 0 Å². The van der Waals surface area contributed by atoms with Gasteiger partial charge in [-0.2, -0.15) is 0 Å². The van der Waals surface area contributed by atoms with Crippen LogP contribution >= 0.6 is 7.82 Å². The number of quaternary nitrogens is 1. The van der Waals surface area contributed by atoms with Crippen molar-refractivity contribution in [3.05, 3.63) is 72.9 Å². The van der Waals surface area contributed by atoms with Gasteiger partial charge in [-0.3, -0.25) is 13.8 Å². The van der Waals surface area contributed by atoms with Crippen LogP contribution in [0.1, 0.15) is 271 Å². The summed E-state index contributed by atoms with van der Waals surface area (Å²) in [5, 5.41) is 14.0. The first-order valence-electron chi connectivity index (χ1n) is 30.3.